The Morgan fingerprint density at radius 3 is 3.00 bits per heavy atom. The zero-order valence-corrected chi connectivity index (χ0v) is 11.6. The average molecular weight is 296 g/mol. The Kier molecular flexibility index (Phi) is 4.05. The van der Waals surface area contributed by atoms with Gasteiger partial charge in [0.15, 0.2) is 0 Å². The highest BCUT2D eigenvalue weighted by Crippen LogP contribution is 2.32. The quantitative estimate of drug-likeness (QED) is 0.929. The molecule has 2 aliphatic rings. The lowest BCUT2D eigenvalue weighted by Crippen LogP contribution is -2.40. The van der Waals surface area contributed by atoms with Gasteiger partial charge in [0.1, 0.15) is 5.75 Å². The molecule has 21 heavy (non-hydrogen) atoms. The van der Waals surface area contributed by atoms with Crippen molar-refractivity contribution in [1.82, 2.24) is 5.32 Å². The summed E-state index contributed by atoms with van der Waals surface area (Å²) in [5.41, 5.74) is 1.73. The molecule has 1 aromatic carbocycles. The first-order chi connectivity index (χ1) is 10.1. The van der Waals surface area contributed by atoms with Crippen molar-refractivity contribution >= 4 is 11.6 Å². The second-order valence-electron chi connectivity index (χ2n) is 5.45. The van der Waals surface area contributed by atoms with Crippen molar-refractivity contribution in [2.75, 3.05) is 24.5 Å². The number of benzene rings is 1. The molecule has 2 heterocycles. The van der Waals surface area contributed by atoms with Crippen molar-refractivity contribution in [2.24, 2.45) is 5.92 Å². The third kappa shape index (κ3) is 3.00. The van der Waals surface area contributed by atoms with Crippen LogP contribution in [0.4, 0.5) is 14.5 Å². The number of hydrogen-bond donors (Lipinski definition) is 1. The van der Waals surface area contributed by atoms with E-state index < -0.39 is 6.61 Å². The standard InChI is InChI=1S/C15H18F2N2O2/c16-15(17)21-12-3-4-13-10(8-12)2-1-7-19(13)14(20)11-5-6-18-9-11/h3-4,8,11,15,18H,1-2,5-7,9H2. The fourth-order valence-electron chi connectivity index (χ4n) is 3.06. The molecule has 0 radical (unpaired) electrons. The second-order valence-corrected chi connectivity index (χ2v) is 5.45. The van der Waals surface area contributed by atoms with Crippen molar-refractivity contribution in [1.29, 1.82) is 0 Å². The number of carbonyl (C=O) groups is 1. The van der Waals surface area contributed by atoms with Crippen LogP contribution in [-0.2, 0) is 11.2 Å². The number of nitrogens with one attached hydrogen (secondary N) is 1. The lowest BCUT2D eigenvalue weighted by molar-refractivity contribution is -0.121. The van der Waals surface area contributed by atoms with Gasteiger partial charge in [-0.3, -0.25) is 4.79 Å². The molecule has 0 spiro atoms. The number of rotatable bonds is 3. The van der Waals surface area contributed by atoms with E-state index in [1.165, 1.54) is 6.07 Å². The maximum Gasteiger partial charge on any atom is 0.387 e. The molecule has 114 valence electrons. The van der Waals surface area contributed by atoms with Crippen LogP contribution >= 0.6 is 0 Å². The number of amides is 1. The number of ether oxygens (including phenoxy) is 1. The molecule has 1 amide bonds. The van der Waals surface area contributed by atoms with Gasteiger partial charge in [-0.1, -0.05) is 0 Å². The maximum absolute atomic E-state index is 12.6. The highest BCUT2D eigenvalue weighted by molar-refractivity contribution is 5.96. The van der Waals surface area contributed by atoms with Gasteiger partial charge >= 0.3 is 6.61 Å². The highest BCUT2D eigenvalue weighted by atomic mass is 19.3. The van der Waals surface area contributed by atoms with Crippen molar-refractivity contribution in [3.8, 4) is 5.75 Å². The van der Waals surface area contributed by atoms with Crippen LogP contribution in [0.1, 0.15) is 18.4 Å². The molecule has 4 nitrogen and oxygen atoms in total. The van der Waals surface area contributed by atoms with Crippen LogP contribution in [0.15, 0.2) is 18.2 Å². The molecule has 3 rings (SSSR count). The number of hydrogen-bond acceptors (Lipinski definition) is 3. The molecule has 1 unspecified atom stereocenters. The Bertz CT molecular complexity index is 530. The van der Waals surface area contributed by atoms with Crippen molar-refractivity contribution < 1.29 is 18.3 Å². The molecule has 0 bridgehead atoms. The molecule has 1 fully saturated rings. The van der Waals surface area contributed by atoms with Crippen molar-refractivity contribution in [2.45, 2.75) is 25.9 Å². The number of fused-ring (bicyclic) bond motifs is 1. The smallest absolute Gasteiger partial charge is 0.387 e. The minimum absolute atomic E-state index is 0.0212. The zero-order chi connectivity index (χ0) is 14.8. The molecule has 0 aliphatic carbocycles. The van der Waals surface area contributed by atoms with Gasteiger partial charge in [0.05, 0.1) is 5.92 Å². The number of alkyl halides is 2. The van der Waals surface area contributed by atoms with Gasteiger partial charge < -0.3 is 15.0 Å². The fourth-order valence-corrected chi connectivity index (χ4v) is 3.06. The Morgan fingerprint density at radius 1 is 1.43 bits per heavy atom. The van der Waals surface area contributed by atoms with Gasteiger partial charge in [-0.25, -0.2) is 0 Å². The Morgan fingerprint density at radius 2 is 2.29 bits per heavy atom. The Balaban J connectivity index is 1.82. The minimum Gasteiger partial charge on any atom is -0.435 e. The highest BCUT2D eigenvalue weighted by Gasteiger charge is 2.30. The molecule has 1 saturated heterocycles. The summed E-state index contributed by atoms with van der Waals surface area (Å²) in [4.78, 5) is 14.4. The normalized spacial score (nSPS) is 21.5. The minimum atomic E-state index is -2.83. The van der Waals surface area contributed by atoms with E-state index in [-0.39, 0.29) is 17.6 Å². The van der Waals surface area contributed by atoms with Crippen molar-refractivity contribution in [3.63, 3.8) is 0 Å². The molecule has 0 aromatic heterocycles. The maximum atomic E-state index is 12.6. The largest absolute Gasteiger partial charge is 0.435 e. The first-order valence-electron chi connectivity index (χ1n) is 7.25. The Hall–Kier alpha value is -1.69. The third-order valence-electron chi connectivity index (χ3n) is 4.07. The third-order valence-corrected chi connectivity index (χ3v) is 4.07. The van der Waals surface area contributed by atoms with Gasteiger partial charge in [-0.2, -0.15) is 8.78 Å². The lowest BCUT2D eigenvalue weighted by atomic mass is 9.98. The molecular weight excluding hydrogens is 278 g/mol. The number of carbonyl (C=O) groups excluding carboxylic acids is 1. The van der Waals surface area contributed by atoms with Crippen LogP contribution in [0, 0.1) is 5.92 Å². The summed E-state index contributed by atoms with van der Waals surface area (Å²) >= 11 is 0. The molecule has 1 atom stereocenters. The van der Waals surface area contributed by atoms with E-state index in [1.807, 2.05) is 0 Å². The Labute approximate surface area is 122 Å². The van der Waals surface area contributed by atoms with Gasteiger partial charge in [0.2, 0.25) is 5.91 Å². The summed E-state index contributed by atoms with van der Waals surface area (Å²) in [6.45, 7) is -0.540. The van der Waals surface area contributed by atoms with Crippen LogP contribution in [0.5, 0.6) is 5.75 Å². The van der Waals surface area contributed by atoms with E-state index in [0.29, 0.717) is 6.54 Å². The number of anilines is 1. The van der Waals surface area contributed by atoms with Crippen LogP contribution in [-0.4, -0.2) is 32.2 Å². The van der Waals surface area contributed by atoms with Crippen molar-refractivity contribution in [3.05, 3.63) is 23.8 Å². The average Bonchev–Trinajstić information content (AvgIpc) is 2.99. The van der Waals surface area contributed by atoms with Gasteiger partial charge in [0, 0.05) is 18.8 Å². The second kappa shape index (κ2) is 5.97. The molecule has 2 aliphatic heterocycles. The molecule has 6 heteroatoms. The number of nitrogens with zero attached hydrogens (tertiary/aromatic N) is 1. The molecule has 0 saturated carbocycles. The van der Waals surface area contributed by atoms with E-state index in [4.69, 9.17) is 0 Å². The monoisotopic (exact) mass is 296 g/mol. The van der Waals surface area contributed by atoms with E-state index in [9.17, 15) is 13.6 Å². The SMILES string of the molecule is O=C(C1CCNC1)N1CCCc2cc(OC(F)F)ccc21. The van der Waals surface area contributed by atoms with E-state index in [1.54, 1.807) is 17.0 Å². The van der Waals surface area contributed by atoms with E-state index in [2.05, 4.69) is 10.1 Å². The molecular formula is C15H18F2N2O2. The zero-order valence-electron chi connectivity index (χ0n) is 11.6. The van der Waals surface area contributed by atoms with Crippen LogP contribution < -0.4 is 15.0 Å². The summed E-state index contributed by atoms with van der Waals surface area (Å²) in [6.07, 6.45) is 2.48. The summed E-state index contributed by atoms with van der Waals surface area (Å²) in [5.74, 6) is 0.303. The summed E-state index contributed by atoms with van der Waals surface area (Å²) in [7, 11) is 0. The molecule has 1 N–H and O–H groups in total. The summed E-state index contributed by atoms with van der Waals surface area (Å²) < 4.78 is 29.0. The summed E-state index contributed by atoms with van der Waals surface area (Å²) in [5, 5.41) is 3.20. The van der Waals surface area contributed by atoms with Gasteiger partial charge in [-0.15, -0.1) is 0 Å². The molecule has 1 aromatic rings. The van der Waals surface area contributed by atoms with E-state index in [0.717, 1.165) is 43.6 Å². The van der Waals surface area contributed by atoms with E-state index >= 15 is 0 Å². The van der Waals surface area contributed by atoms with Crippen LogP contribution in [0.2, 0.25) is 0 Å². The predicted molar refractivity (Wildman–Crippen MR) is 74.7 cm³/mol. The predicted octanol–water partition coefficient (Wildman–Crippen LogP) is 2.18. The first-order valence-corrected chi connectivity index (χ1v) is 7.25. The van der Waals surface area contributed by atoms with Gasteiger partial charge in [-0.05, 0) is 49.6 Å². The number of halogens is 2. The topological polar surface area (TPSA) is 41.6 Å². The van der Waals surface area contributed by atoms with Crippen LogP contribution in [0.25, 0.3) is 0 Å². The number of aryl methyl sites for hydroxylation is 1. The van der Waals surface area contributed by atoms with Crippen LogP contribution in [0.3, 0.4) is 0 Å². The summed E-state index contributed by atoms with van der Waals surface area (Å²) in [6, 6.07) is 4.84. The lowest BCUT2D eigenvalue weighted by Gasteiger charge is -2.31. The fraction of sp³-hybridized carbons (Fsp3) is 0.533. The first kappa shape index (κ1) is 14.3. The van der Waals surface area contributed by atoms with Gasteiger partial charge in [0.25, 0.3) is 0 Å².